The minimum Gasteiger partial charge on any atom is -0.469 e. The maximum atomic E-state index is 12.6. The van der Waals surface area contributed by atoms with Crippen LogP contribution in [-0.4, -0.2) is 41.9 Å². The number of likely N-dealkylation sites (tertiary alicyclic amines) is 2. The summed E-state index contributed by atoms with van der Waals surface area (Å²) in [7, 11) is 0. The Balaban J connectivity index is 1.37. The first-order valence-electron chi connectivity index (χ1n) is 7.79. The number of furan rings is 1. The lowest BCUT2D eigenvalue weighted by Gasteiger charge is -2.21. The molecule has 2 aromatic heterocycles. The van der Waals surface area contributed by atoms with Gasteiger partial charge in [0, 0.05) is 37.6 Å². The molecule has 22 heavy (non-hydrogen) atoms. The molecule has 0 radical (unpaired) electrons. The Morgan fingerprint density at radius 1 is 1.27 bits per heavy atom. The van der Waals surface area contributed by atoms with Crippen LogP contribution in [0.4, 0.5) is 0 Å². The molecule has 4 nitrogen and oxygen atoms in total. The van der Waals surface area contributed by atoms with E-state index in [0.717, 1.165) is 44.0 Å². The fourth-order valence-electron chi connectivity index (χ4n) is 3.79. The Morgan fingerprint density at radius 3 is 2.64 bits per heavy atom. The van der Waals surface area contributed by atoms with Crippen molar-refractivity contribution in [3.63, 3.8) is 0 Å². The van der Waals surface area contributed by atoms with Crippen molar-refractivity contribution in [3.05, 3.63) is 46.0 Å². The zero-order valence-electron chi connectivity index (χ0n) is 12.7. The van der Waals surface area contributed by atoms with Gasteiger partial charge in [-0.1, -0.05) is 6.07 Å². The van der Waals surface area contributed by atoms with Crippen molar-refractivity contribution in [2.24, 2.45) is 11.8 Å². The van der Waals surface area contributed by atoms with Crippen LogP contribution < -0.4 is 0 Å². The second-order valence-corrected chi connectivity index (χ2v) is 7.43. The van der Waals surface area contributed by atoms with Crippen molar-refractivity contribution >= 4 is 17.2 Å². The maximum Gasteiger partial charge on any atom is 0.257 e. The first kappa shape index (κ1) is 14.0. The number of rotatable bonds is 3. The van der Waals surface area contributed by atoms with E-state index >= 15 is 0 Å². The molecule has 2 atom stereocenters. The van der Waals surface area contributed by atoms with Gasteiger partial charge in [-0.3, -0.25) is 9.69 Å². The van der Waals surface area contributed by atoms with Crippen LogP contribution in [0.15, 0.2) is 34.3 Å². The molecule has 1 amide bonds. The minimum absolute atomic E-state index is 0.130. The number of aryl methyl sites for hydroxylation is 1. The normalized spacial score (nSPS) is 24.9. The topological polar surface area (TPSA) is 36.7 Å². The van der Waals surface area contributed by atoms with Gasteiger partial charge in [0.05, 0.1) is 11.8 Å². The number of hydrogen-bond donors (Lipinski definition) is 0. The third-order valence-electron chi connectivity index (χ3n) is 4.90. The second-order valence-electron chi connectivity index (χ2n) is 6.39. The minimum atomic E-state index is 0.130. The molecule has 0 bridgehead atoms. The number of carbonyl (C=O) groups excluding carboxylic acids is 1. The molecule has 0 saturated carbocycles. The summed E-state index contributed by atoms with van der Waals surface area (Å²) in [4.78, 5) is 18.5. The molecule has 5 heteroatoms. The van der Waals surface area contributed by atoms with Crippen LogP contribution in [0.2, 0.25) is 0 Å². The van der Waals surface area contributed by atoms with Crippen LogP contribution in [0.1, 0.15) is 21.0 Å². The highest BCUT2D eigenvalue weighted by molar-refractivity contribution is 7.09. The Morgan fingerprint density at radius 2 is 2.05 bits per heavy atom. The molecule has 4 rings (SSSR count). The Kier molecular flexibility index (Phi) is 3.54. The van der Waals surface area contributed by atoms with Gasteiger partial charge in [0.1, 0.15) is 5.76 Å². The van der Waals surface area contributed by atoms with E-state index in [1.807, 2.05) is 23.2 Å². The van der Waals surface area contributed by atoms with Gasteiger partial charge in [-0.05, 0) is 36.3 Å². The third kappa shape index (κ3) is 2.48. The highest BCUT2D eigenvalue weighted by Crippen LogP contribution is 2.33. The number of carbonyl (C=O) groups is 1. The molecule has 4 heterocycles. The number of nitrogens with zero attached hydrogens (tertiary/aromatic N) is 2. The van der Waals surface area contributed by atoms with Crippen molar-refractivity contribution < 1.29 is 9.21 Å². The largest absolute Gasteiger partial charge is 0.469 e. The lowest BCUT2D eigenvalue weighted by Crippen LogP contribution is -2.33. The first-order valence-corrected chi connectivity index (χ1v) is 8.67. The zero-order valence-corrected chi connectivity index (χ0v) is 13.5. The van der Waals surface area contributed by atoms with Crippen LogP contribution in [0.25, 0.3) is 0 Å². The molecule has 0 unspecified atom stereocenters. The van der Waals surface area contributed by atoms with Crippen LogP contribution in [-0.2, 0) is 6.54 Å². The monoisotopic (exact) mass is 316 g/mol. The van der Waals surface area contributed by atoms with Crippen molar-refractivity contribution in [1.29, 1.82) is 0 Å². The van der Waals surface area contributed by atoms with Gasteiger partial charge < -0.3 is 9.32 Å². The molecule has 2 aliphatic heterocycles. The van der Waals surface area contributed by atoms with Gasteiger partial charge in [0.2, 0.25) is 0 Å². The second kappa shape index (κ2) is 5.56. The lowest BCUT2D eigenvalue weighted by molar-refractivity contribution is 0.0772. The number of hydrogen-bond acceptors (Lipinski definition) is 4. The number of amides is 1. The fraction of sp³-hybridized carbons (Fsp3) is 0.471. The van der Waals surface area contributed by atoms with E-state index in [-0.39, 0.29) is 5.91 Å². The maximum absolute atomic E-state index is 12.6. The van der Waals surface area contributed by atoms with Gasteiger partial charge in [-0.2, -0.15) is 0 Å². The van der Waals surface area contributed by atoms with Gasteiger partial charge in [-0.25, -0.2) is 0 Å². The summed E-state index contributed by atoms with van der Waals surface area (Å²) >= 11 is 1.83. The number of thiophene rings is 1. The predicted molar refractivity (Wildman–Crippen MR) is 85.9 cm³/mol. The quantitative estimate of drug-likeness (QED) is 0.874. The molecule has 2 fully saturated rings. The van der Waals surface area contributed by atoms with Gasteiger partial charge in [-0.15, -0.1) is 11.3 Å². The van der Waals surface area contributed by atoms with Crippen LogP contribution in [0.5, 0.6) is 0 Å². The molecule has 0 spiro atoms. The molecule has 0 aromatic carbocycles. The molecule has 0 aliphatic carbocycles. The molecule has 2 aliphatic rings. The standard InChI is InChI=1S/C17H20N2O2S/c1-12-16(4-5-21-12)17(20)19-9-13-7-18(8-14(13)10-19)11-15-3-2-6-22-15/h2-6,13-14H,7-11H2,1H3/t13-,14+. The van der Waals surface area contributed by atoms with Gasteiger partial charge in [0.25, 0.3) is 5.91 Å². The summed E-state index contributed by atoms with van der Waals surface area (Å²) < 4.78 is 5.26. The van der Waals surface area contributed by atoms with Gasteiger partial charge in [0.15, 0.2) is 0 Å². The fourth-order valence-corrected chi connectivity index (χ4v) is 4.53. The first-order chi connectivity index (χ1) is 10.7. The van der Waals surface area contributed by atoms with E-state index in [4.69, 9.17) is 4.42 Å². The van der Waals surface area contributed by atoms with Crippen LogP contribution >= 0.6 is 11.3 Å². The summed E-state index contributed by atoms with van der Waals surface area (Å²) in [5, 5.41) is 2.14. The number of fused-ring (bicyclic) bond motifs is 1. The highest BCUT2D eigenvalue weighted by Gasteiger charge is 2.41. The summed E-state index contributed by atoms with van der Waals surface area (Å²) in [5.41, 5.74) is 0.718. The van der Waals surface area contributed by atoms with E-state index < -0.39 is 0 Å². The zero-order chi connectivity index (χ0) is 15.1. The summed E-state index contributed by atoms with van der Waals surface area (Å²) in [6.45, 7) is 6.89. The molecule has 2 saturated heterocycles. The van der Waals surface area contributed by atoms with E-state index in [1.54, 1.807) is 12.3 Å². The van der Waals surface area contributed by atoms with Crippen molar-refractivity contribution in [1.82, 2.24) is 9.80 Å². The molecule has 2 aromatic rings. The van der Waals surface area contributed by atoms with Crippen molar-refractivity contribution in [2.45, 2.75) is 13.5 Å². The van der Waals surface area contributed by atoms with Crippen molar-refractivity contribution in [2.75, 3.05) is 26.2 Å². The molecular formula is C17H20N2O2S. The predicted octanol–water partition coefficient (Wildman–Crippen LogP) is 2.85. The lowest BCUT2D eigenvalue weighted by atomic mass is 10.0. The molecular weight excluding hydrogens is 296 g/mol. The Hall–Kier alpha value is -1.59. The SMILES string of the molecule is Cc1occc1C(=O)N1C[C@H]2CN(Cc3cccs3)C[C@H]2C1. The Labute approximate surface area is 134 Å². The van der Waals surface area contributed by atoms with E-state index in [9.17, 15) is 4.79 Å². The van der Waals surface area contributed by atoms with Crippen LogP contribution in [0, 0.1) is 18.8 Å². The summed E-state index contributed by atoms with van der Waals surface area (Å²) in [6, 6.07) is 6.11. The smallest absolute Gasteiger partial charge is 0.257 e. The van der Waals surface area contributed by atoms with E-state index in [0.29, 0.717) is 11.8 Å². The third-order valence-corrected chi connectivity index (χ3v) is 5.76. The molecule has 0 N–H and O–H groups in total. The molecule has 116 valence electrons. The average Bonchev–Trinajstić information content (AvgIpc) is 3.22. The van der Waals surface area contributed by atoms with E-state index in [1.165, 1.54) is 4.88 Å². The van der Waals surface area contributed by atoms with Crippen LogP contribution in [0.3, 0.4) is 0 Å². The summed E-state index contributed by atoms with van der Waals surface area (Å²) in [6.07, 6.45) is 1.60. The highest BCUT2D eigenvalue weighted by atomic mass is 32.1. The average molecular weight is 316 g/mol. The van der Waals surface area contributed by atoms with Gasteiger partial charge >= 0.3 is 0 Å². The van der Waals surface area contributed by atoms with Crippen molar-refractivity contribution in [3.8, 4) is 0 Å². The van der Waals surface area contributed by atoms with E-state index in [2.05, 4.69) is 22.4 Å². The summed E-state index contributed by atoms with van der Waals surface area (Å²) in [5.74, 6) is 2.10. The Bertz CT molecular complexity index is 650.